The van der Waals surface area contributed by atoms with Crippen LogP contribution >= 0.6 is 0 Å². The lowest BCUT2D eigenvalue weighted by Gasteiger charge is -2.40. The Hall–Kier alpha value is -0.610. The van der Waals surface area contributed by atoms with E-state index in [1.165, 1.54) is 32.1 Å². The number of amides is 1. The topological polar surface area (TPSA) is 50.4 Å². The third-order valence-electron chi connectivity index (χ3n) is 4.67. The van der Waals surface area contributed by atoms with Gasteiger partial charge in [-0.05, 0) is 38.0 Å². The van der Waals surface area contributed by atoms with E-state index in [2.05, 4.69) is 17.6 Å². The molecule has 1 aliphatic carbocycles. The number of carbonyl (C=O) groups is 1. The zero-order chi connectivity index (χ0) is 13.7. The lowest BCUT2D eigenvalue weighted by molar-refractivity contribution is -0.125. The first-order valence-electron chi connectivity index (χ1n) is 7.80. The van der Waals surface area contributed by atoms with E-state index in [-0.39, 0.29) is 18.0 Å². The van der Waals surface area contributed by atoms with Crippen LogP contribution in [-0.2, 0) is 9.53 Å². The van der Waals surface area contributed by atoms with Gasteiger partial charge in [-0.3, -0.25) is 4.79 Å². The molecule has 0 spiro atoms. The quantitative estimate of drug-likeness (QED) is 0.800. The van der Waals surface area contributed by atoms with Crippen LogP contribution in [-0.4, -0.2) is 37.7 Å². The van der Waals surface area contributed by atoms with Crippen molar-refractivity contribution < 1.29 is 9.53 Å². The van der Waals surface area contributed by atoms with Crippen LogP contribution in [0.1, 0.15) is 51.9 Å². The number of rotatable bonds is 5. The molecule has 0 aromatic heterocycles. The third-order valence-corrected chi connectivity index (χ3v) is 4.67. The molecule has 1 aliphatic heterocycles. The van der Waals surface area contributed by atoms with Crippen LogP contribution < -0.4 is 10.6 Å². The Balaban J connectivity index is 1.82. The molecule has 1 heterocycles. The Labute approximate surface area is 116 Å². The van der Waals surface area contributed by atoms with Gasteiger partial charge in [-0.1, -0.05) is 19.8 Å². The van der Waals surface area contributed by atoms with E-state index in [0.29, 0.717) is 12.6 Å². The molecule has 2 fully saturated rings. The monoisotopic (exact) mass is 268 g/mol. The maximum Gasteiger partial charge on any atom is 0.237 e. The first-order chi connectivity index (χ1) is 9.24. The van der Waals surface area contributed by atoms with Crippen molar-refractivity contribution in [3.63, 3.8) is 0 Å². The number of hydrogen-bond acceptors (Lipinski definition) is 3. The van der Waals surface area contributed by atoms with Crippen LogP contribution in [0.5, 0.6) is 0 Å². The predicted molar refractivity (Wildman–Crippen MR) is 76.0 cm³/mol. The van der Waals surface area contributed by atoms with Gasteiger partial charge >= 0.3 is 0 Å². The van der Waals surface area contributed by atoms with Crippen molar-refractivity contribution in [1.82, 2.24) is 10.6 Å². The zero-order valence-corrected chi connectivity index (χ0v) is 12.3. The van der Waals surface area contributed by atoms with E-state index in [4.69, 9.17) is 4.74 Å². The summed E-state index contributed by atoms with van der Waals surface area (Å²) in [6.45, 7) is 2.68. The SMILES string of the molecule is CCC(COC)NC(=O)C1CCC2CCCCC2N1. The van der Waals surface area contributed by atoms with E-state index >= 15 is 0 Å². The van der Waals surface area contributed by atoms with Gasteiger partial charge in [0.25, 0.3) is 0 Å². The number of ether oxygens (including phenoxy) is 1. The van der Waals surface area contributed by atoms with Crippen molar-refractivity contribution in [2.45, 2.75) is 70.0 Å². The van der Waals surface area contributed by atoms with Gasteiger partial charge in [-0.2, -0.15) is 0 Å². The number of nitrogens with one attached hydrogen (secondary N) is 2. The van der Waals surface area contributed by atoms with Crippen LogP contribution in [0.2, 0.25) is 0 Å². The van der Waals surface area contributed by atoms with Crippen molar-refractivity contribution in [3.05, 3.63) is 0 Å². The molecule has 0 radical (unpaired) electrons. The Bertz CT molecular complexity index is 296. The molecule has 1 saturated carbocycles. The van der Waals surface area contributed by atoms with E-state index in [0.717, 1.165) is 18.8 Å². The first-order valence-corrected chi connectivity index (χ1v) is 7.80. The fourth-order valence-corrected chi connectivity index (χ4v) is 3.47. The minimum Gasteiger partial charge on any atom is -0.383 e. The molecule has 4 unspecified atom stereocenters. The molecule has 110 valence electrons. The van der Waals surface area contributed by atoms with Gasteiger partial charge in [0.2, 0.25) is 5.91 Å². The average molecular weight is 268 g/mol. The van der Waals surface area contributed by atoms with Gasteiger partial charge in [0.15, 0.2) is 0 Å². The first kappa shape index (κ1) is 14.8. The van der Waals surface area contributed by atoms with Crippen molar-refractivity contribution in [2.75, 3.05) is 13.7 Å². The lowest BCUT2D eigenvalue weighted by Crippen LogP contribution is -2.56. The fraction of sp³-hybridized carbons (Fsp3) is 0.933. The summed E-state index contributed by atoms with van der Waals surface area (Å²) >= 11 is 0. The number of hydrogen-bond donors (Lipinski definition) is 2. The average Bonchev–Trinajstić information content (AvgIpc) is 2.46. The number of carbonyl (C=O) groups excluding carboxylic acids is 1. The molecule has 0 aromatic carbocycles. The van der Waals surface area contributed by atoms with Crippen LogP contribution in [0.15, 0.2) is 0 Å². The van der Waals surface area contributed by atoms with Crippen LogP contribution in [0, 0.1) is 5.92 Å². The molecule has 2 N–H and O–H groups in total. The summed E-state index contributed by atoms with van der Waals surface area (Å²) in [5.74, 6) is 0.965. The molecule has 1 amide bonds. The van der Waals surface area contributed by atoms with Gasteiger partial charge in [-0.15, -0.1) is 0 Å². The van der Waals surface area contributed by atoms with E-state index in [9.17, 15) is 4.79 Å². The van der Waals surface area contributed by atoms with Gasteiger partial charge in [0, 0.05) is 13.2 Å². The summed E-state index contributed by atoms with van der Waals surface area (Å²) in [4.78, 5) is 12.3. The molecule has 19 heavy (non-hydrogen) atoms. The maximum absolute atomic E-state index is 12.3. The summed E-state index contributed by atoms with van der Waals surface area (Å²) in [5.41, 5.74) is 0. The van der Waals surface area contributed by atoms with Gasteiger partial charge in [-0.25, -0.2) is 0 Å². The number of methoxy groups -OCH3 is 1. The molecular weight excluding hydrogens is 240 g/mol. The number of piperidine rings is 1. The maximum atomic E-state index is 12.3. The largest absolute Gasteiger partial charge is 0.383 e. The second-order valence-corrected chi connectivity index (χ2v) is 6.02. The Morgan fingerprint density at radius 1 is 1.32 bits per heavy atom. The van der Waals surface area contributed by atoms with E-state index in [1.54, 1.807) is 7.11 Å². The molecule has 1 saturated heterocycles. The third kappa shape index (κ3) is 3.93. The number of fused-ring (bicyclic) bond motifs is 1. The highest BCUT2D eigenvalue weighted by Crippen LogP contribution is 2.32. The summed E-state index contributed by atoms with van der Waals surface area (Å²) in [5, 5.41) is 6.68. The summed E-state index contributed by atoms with van der Waals surface area (Å²) in [6.07, 6.45) is 8.36. The summed E-state index contributed by atoms with van der Waals surface area (Å²) < 4.78 is 5.13. The smallest absolute Gasteiger partial charge is 0.237 e. The predicted octanol–water partition coefficient (Wildman–Crippen LogP) is 1.84. The minimum atomic E-state index is 0.00487. The summed E-state index contributed by atoms with van der Waals surface area (Å²) in [6, 6.07) is 0.717. The Morgan fingerprint density at radius 3 is 2.84 bits per heavy atom. The van der Waals surface area contributed by atoms with Crippen LogP contribution in [0.3, 0.4) is 0 Å². The molecule has 0 bridgehead atoms. The molecule has 0 aromatic rings. The Kier molecular flexibility index (Phi) is 5.64. The van der Waals surface area contributed by atoms with E-state index in [1.807, 2.05) is 0 Å². The molecule has 2 aliphatic rings. The van der Waals surface area contributed by atoms with Crippen molar-refractivity contribution in [3.8, 4) is 0 Å². The molecule has 4 nitrogen and oxygen atoms in total. The van der Waals surface area contributed by atoms with Gasteiger partial charge in [0.05, 0.1) is 18.7 Å². The van der Waals surface area contributed by atoms with Gasteiger partial charge < -0.3 is 15.4 Å². The van der Waals surface area contributed by atoms with E-state index < -0.39 is 0 Å². The molecular formula is C15H28N2O2. The molecule has 4 atom stereocenters. The highest BCUT2D eigenvalue weighted by Gasteiger charge is 2.34. The van der Waals surface area contributed by atoms with Crippen molar-refractivity contribution in [2.24, 2.45) is 5.92 Å². The van der Waals surface area contributed by atoms with Crippen molar-refractivity contribution >= 4 is 5.91 Å². The van der Waals surface area contributed by atoms with Crippen molar-refractivity contribution in [1.29, 1.82) is 0 Å². The second kappa shape index (κ2) is 7.25. The Morgan fingerprint density at radius 2 is 2.11 bits per heavy atom. The van der Waals surface area contributed by atoms with Crippen LogP contribution in [0.25, 0.3) is 0 Å². The van der Waals surface area contributed by atoms with Gasteiger partial charge in [0.1, 0.15) is 0 Å². The molecule has 2 rings (SSSR count). The standard InChI is InChI=1S/C15H28N2O2/c1-3-12(10-19-2)16-15(18)14-9-8-11-6-4-5-7-13(11)17-14/h11-14,17H,3-10H2,1-2H3,(H,16,18). The highest BCUT2D eigenvalue weighted by molar-refractivity contribution is 5.82. The minimum absolute atomic E-state index is 0.00487. The fourth-order valence-electron chi connectivity index (χ4n) is 3.47. The summed E-state index contributed by atoms with van der Waals surface area (Å²) in [7, 11) is 1.68. The zero-order valence-electron chi connectivity index (χ0n) is 12.3. The highest BCUT2D eigenvalue weighted by atomic mass is 16.5. The molecule has 4 heteroatoms. The lowest BCUT2D eigenvalue weighted by atomic mass is 9.77. The second-order valence-electron chi connectivity index (χ2n) is 6.02. The normalized spacial score (nSPS) is 32.4. The van der Waals surface area contributed by atoms with Crippen LogP contribution in [0.4, 0.5) is 0 Å².